The lowest BCUT2D eigenvalue weighted by Crippen LogP contribution is -2.07. The van der Waals surface area contributed by atoms with E-state index in [-0.39, 0.29) is 5.69 Å². The zero-order chi connectivity index (χ0) is 13.8. The minimum absolute atomic E-state index is 0.00624. The number of nitrogens with one attached hydrogen (secondary N) is 1. The third kappa shape index (κ3) is 3.31. The van der Waals surface area contributed by atoms with Gasteiger partial charge in [0, 0.05) is 13.6 Å². The molecule has 0 saturated carbocycles. The molecule has 0 amide bonds. The van der Waals surface area contributed by atoms with Crippen molar-refractivity contribution in [3.63, 3.8) is 0 Å². The molecule has 100 valence electrons. The number of aryl methyl sites for hydroxylation is 2. The van der Waals surface area contributed by atoms with Gasteiger partial charge in [-0.2, -0.15) is 0 Å². The first-order chi connectivity index (χ1) is 9.06. The molecule has 1 aromatic heterocycles. The SMILES string of the molecule is Cc1cccc(CCNc2nn(C)cc2[N+](=O)[O-])c1. The van der Waals surface area contributed by atoms with Crippen LogP contribution in [0.1, 0.15) is 11.1 Å². The topological polar surface area (TPSA) is 73.0 Å². The van der Waals surface area contributed by atoms with E-state index in [1.165, 1.54) is 22.0 Å². The lowest BCUT2D eigenvalue weighted by Gasteiger charge is -2.04. The Hall–Kier alpha value is -2.37. The second kappa shape index (κ2) is 5.51. The number of aromatic nitrogens is 2. The van der Waals surface area contributed by atoms with Crippen molar-refractivity contribution >= 4 is 11.5 Å². The second-order valence-electron chi connectivity index (χ2n) is 4.46. The van der Waals surface area contributed by atoms with E-state index in [0.29, 0.717) is 12.4 Å². The summed E-state index contributed by atoms with van der Waals surface area (Å²) in [6.07, 6.45) is 2.20. The van der Waals surface area contributed by atoms with Gasteiger partial charge in [-0.25, -0.2) is 0 Å². The second-order valence-corrected chi connectivity index (χ2v) is 4.46. The Balaban J connectivity index is 1.98. The minimum atomic E-state index is -0.429. The summed E-state index contributed by atoms with van der Waals surface area (Å²) in [6.45, 7) is 2.65. The van der Waals surface area contributed by atoms with Crippen LogP contribution >= 0.6 is 0 Å². The summed E-state index contributed by atoms with van der Waals surface area (Å²) in [5.41, 5.74) is 2.42. The fraction of sp³-hybridized carbons (Fsp3) is 0.308. The summed E-state index contributed by atoms with van der Waals surface area (Å²) < 4.78 is 1.44. The van der Waals surface area contributed by atoms with Crippen molar-refractivity contribution in [1.82, 2.24) is 9.78 Å². The van der Waals surface area contributed by atoms with E-state index in [1.54, 1.807) is 7.05 Å². The maximum Gasteiger partial charge on any atom is 0.330 e. The van der Waals surface area contributed by atoms with Crippen LogP contribution in [0.2, 0.25) is 0 Å². The molecule has 1 N–H and O–H groups in total. The van der Waals surface area contributed by atoms with E-state index in [4.69, 9.17) is 0 Å². The largest absolute Gasteiger partial charge is 0.363 e. The van der Waals surface area contributed by atoms with Crippen molar-refractivity contribution < 1.29 is 4.92 Å². The summed E-state index contributed by atoms with van der Waals surface area (Å²) in [7, 11) is 1.67. The Morgan fingerprint density at radius 2 is 2.26 bits per heavy atom. The number of nitrogens with zero attached hydrogens (tertiary/aromatic N) is 3. The van der Waals surface area contributed by atoms with Gasteiger partial charge in [0.2, 0.25) is 5.82 Å². The van der Waals surface area contributed by atoms with E-state index in [0.717, 1.165) is 6.42 Å². The first-order valence-electron chi connectivity index (χ1n) is 6.03. The van der Waals surface area contributed by atoms with E-state index >= 15 is 0 Å². The van der Waals surface area contributed by atoms with Crippen molar-refractivity contribution in [1.29, 1.82) is 0 Å². The van der Waals surface area contributed by atoms with Crippen molar-refractivity contribution in [2.75, 3.05) is 11.9 Å². The van der Waals surface area contributed by atoms with Gasteiger partial charge in [0.15, 0.2) is 0 Å². The summed E-state index contributed by atoms with van der Waals surface area (Å²) in [5.74, 6) is 0.320. The highest BCUT2D eigenvalue weighted by Crippen LogP contribution is 2.21. The smallest absolute Gasteiger partial charge is 0.330 e. The molecule has 6 nitrogen and oxygen atoms in total. The number of hydrogen-bond acceptors (Lipinski definition) is 4. The highest BCUT2D eigenvalue weighted by Gasteiger charge is 2.17. The molecule has 0 fully saturated rings. The van der Waals surface area contributed by atoms with Gasteiger partial charge < -0.3 is 5.32 Å². The minimum Gasteiger partial charge on any atom is -0.363 e. The first-order valence-corrected chi connectivity index (χ1v) is 6.03. The van der Waals surface area contributed by atoms with Crippen molar-refractivity contribution in [2.45, 2.75) is 13.3 Å². The van der Waals surface area contributed by atoms with Crippen molar-refractivity contribution in [3.8, 4) is 0 Å². The van der Waals surface area contributed by atoms with Gasteiger partial charge in [0.05, 0.1) is 4.92 Å². The predicted octanol–water partition coefficient (Wildman–Crippen LogP) is 2.29. The van der Waals surface area contributed by atoms with Crippen LogP contribution in [0, 0.1) is 17.0 Å². The molecule has 1 aromatic carbocycles. The molecule has 0 radical (unpaired) electrons. The van der Waals surface area contributed by atoms with Crippen LogP contribution in [0.15, 0.2) is 30.5 Å². The van der Waals surface area contributed by atoms with Crippen LogP contribution in [-0.2, 0) is 13.5 Å². The summed E-state index contributed by atoms with van der Waals surface area (Å²) in [5, 5.41) is 17.9. The number of anilines is 1. The molecule has 0 aliphatic rings. The van der Waals surface area contributed by atoms with Gasteiger partial charge >= 0.3 is 5.69 Å². The zero-order valence-electron chi connectivity index (χ0n) is 11.0. The Morgan fingerprint density at radius 3 is 2.95 bits per heavy atom. The van der Waals surface area contributed by atoms with E-state index in [9.17, 15) is 10.1 Å². The highest BCUT2D eigenvalue weighted by molar-refractivity contribution is 5.54. The Labute approximate surface area is 111 Å². The highest BCUT2D eigenvalue weighted by atomic mass is 16.6. The summed E-state index contributed by atoms with van der Waals surface area (Å²) in [4.78, 5) is 10.4. The van der Waals surface area contributed by atoms with Gasteiger partial charge in [-0.1, -0.05) is 29.8 Å². The molecular formula is C13H16N4O2. The molecule has 2 aromatic rings. The van der Waals surface area contributed by atoms with Crippen LogP contribution in [0.4, 0.5) is 11.5 Å². The fourth-order valence-corrected chi connectivity index (χ4v) is 1.93. The van der Waals surface area contributed by atoms with Crippen LogP contribution in [0.5, 0.6) is 0 Å². The van der Waals surface area contributed by atoms with Crippen LogP contribution in [0.25, 0.3) is 0 Å². The fourth-order valence-electron chi connectivity index (χ4n) is 1.93. The van der Waals surface area contributed by atoms with Crippen LogP contribution in [0.3, 0.4) is 0 Å². The van der Waals surface area contributed by atoms with E-state index in [2.05, 4.69) is 16.5 Å². The lowest BCUT2D eigenvalue weighted by atomic mass is 10.1. The number of benzene rings is 1. The molecule has 0 aliphatic carbocycles. The Bertz CT molecular complexity index is 592. The van der Waals surface area contributed by atoms with Gasteiger partial charge in [0.25, 0.3) is 0 Å². The molecule has 0 bridgehead atoms. The van der Waals surface area contributed by atoms with E-state index < -0.39 is 4.92 Å². The van der Waals surface area contributed by atoms with Crippen LogP contribution < -0.4 is 5.32 Å². The molecule has 0 spiro atoms. The third-order valence-corrected chi connectivity index (χ3v) is 2.79. The quantitative estimate of drug-likeness (QED) is 0.661. The maximum absolute atomic E-state index is 10.8. The molecular weight excluding hydrogens is 244 g/mol. The molecule has 19 heavy (non-hydrogen) atoms. The lowest BCUT2D eigenvalue weighted by molar-refractivity contribution is -0.384. The first kappa shape index (κ1) is 13.1. The monoisotopic (exact) mass is 260 g/mol. The summed E-state index contributed by atoms with van der Waals surface area (Å²) >= 11 is 0. The summed E-state index contributed by atoms with van der Waals surface area (Å²) in [6, 6.07) is 8.20. The van der Waals surface area contributed by atoms with E-state index in [1.807, 2.05) is 25.1 Å². The molecule has 0 unspecified atom stereocenters. The number of rotatable bonds is 5. The average molecular weight is 260 g/mol. The maximum atomic E-state index is 10.8. The third-order valence-electron chi connectivity index (χ3n) is 2.79. The molecule has 0 saturated heterocycles. The predicted molar refractivity (Wildman–Crippen MR) is 73.2 cm³/mol. The molecule has 0 atom stereocenters. The van der Waals surface area contributed by atoms with Gasteiger partial charge in [-0.3, -0.25) is 14.8 Å². The zero-order valence-corrected chi connectivity index (χ0v) is 11.0. The van der Waals surface area contributed by atoms with Gasteiger partial charge in [-0.15, -0.1) is 5.10 Å². The molecule has 2 rings (SSSR count). The normalized spacial score (nSPS) is 10.4. The molecule has 6 heteroatoms. The Morgan fingerprint density at radius 1 is 1.47 bits per heavy atom. The number of hydrogen-bond donors (Lipinski definition) is 1. The molecule has 0 aliphatic heterocycles. The van der Waals surface area contributed by atoms with Gasteiger partial charge in [0.1, 0.15) is 6.20 Å². The standard InChI is InChI=1S/C13H16N4O2/c1-10-4-3-5-11(8-10)6-7-14-13-12(17(18)19)9-16(2)15-13/h3-5,8-9H,6-7H2,1-2H3,(H,14,15). The van der Waals surface area contributed by atoms with Crippen LogP contribution in [-0.4, -0.2) is 21.2 Å². The van der Waals surface area contributed by atoms with Crippen molar-refractivity contribution in [3.05, 3.63) is 51.7 Å². The Kier molecular flexibility index (Phi) is 3.79. The van der Waals surface area contributed by atoms with Gasteiger partial charge in [-0.05, 0) is 18.9 Å². The molecule has 1 heterocycles. The number of nitro groups is 1. The average Bonchev–Trinajstić information content (AvgIpc) is 2.71. The van der Waals surface area contributed by atoms with Crippen molar-refractivity contribution in [2.24, 2.45) is 7.05 Å².